The number of hydrogen-bond acceptors (Lipinski definition) is 3. The molecule has 1 unspecified atom stereocenters. The van der Waals surface area contributed by atoms with Crippen LogP contribution in [-0.2, 0) is 16.4 Å². The summed E-state index contributed by atoms with van der Waals surface area (Å²) in [4.78, 5) is 0.444. The summed E-state index contributed by atoms with van der Waals surface area (Å²) in [6.07, 6.45) is 2.85. The maximum Gasteiger partial charge on any atom is 0.243 e. The third kappa shape index (κ3) is 1.91. The number of fused-ring (bicyclic) bond motifs is 1. The average Bonchev–Trinajstić information content (AvgIpc) is 2.95. The van der Waals surface area contributed by atoms with E-state index in [1.807, 2.05) is 12.1 Å². The molecule has 1 fully saturated rings. The van der Waals surface area contributed by atoms with E-state index in [4.69, 9.17) is 0 Å². The zero-order valence-corrected chi connectivity index (χ0v) is 11.3. The van der Waals surface area contributed by atoms with Gasteiger partial charge in [0.15, 0.2) is 0 Å². The summed E-state index contributed by atoms with van der Waals surface area (Å²) in [5.41, 5.74) is 2.19. The van der Waals surface area contributed by atoms with Gasteiger partial charge >= 0.3 is 0 Å². The predicted molar refractivity (Wildman–Crippen MR) is 71.2 cm³/mol. The van der Waals surface area contributed by atoms with Gasteiger partial charge in [-0.15, -0.1) is 0 Å². The highest BCUT2D eigenvalue weighted by Crippen LogP contribution is 2.30. The Bertz CT molecular complexity index is 562. The molecular formula is C13H18N2O2S. The molecule has 1 atom stereocenters. The summed E-state index contributed by atoms with van der Waals surface area (Å²) in [5, 5.41) is 3.34. The summed E-state index contributed by atoms with van der Waals surface area (Å²) in [6.45, 7) is 3.43. The predicted octanol–water partition coefficient (Wildman–Crippen LogP) is 1.83. The normalized spacial score (nSPS) is 23.9. The highest BCUT2D eigenvalue weighted by Gasteiger charge is 2.28. The monoisotopic (exact) mass is 266 g/mol. The molecule has 1 N–H and O–H groups in total. The van der Waals surface area contributed by atoms with Crippen molar-refractivity contribution in [3.8, 4) is 0 Å². The molecule has 0 aromatic heterocycles. The minimum atomic E-state index is -3.27. The lowest BCUT2D eigenvalue weighted by Crippen LogP contribution is -2.27. The summed E-state index contributed by atoms with van der Waals surface area (Å²) >= 11 is 0. The van der Waals surface area contributed by atoms with Crippen molar-refractivity contribution in [2.75, 3.05) is 18.4 Å². The zero-order valence-electron chi connectivity index (χ0n) is 10.5. The first-order valence-corrected chi connectivity index (χ1v) is 7.91. The van der Waals surface area contributed by atoms with Crippen LogP contribution in [0, 0.1) is 0 Å². The molecule has 98 valence electrons. The van der Waals surface area contributed by atoms with Crippen molar-refractivity contribution in [3.05, 3.63) is 23.8 Å². The van der Waals surface area contributed by atoms with E-state index >= 15 is 0 Å². The highest BCUT2D eigenvalue weighted by molar-refractivity contribution is 7.89. The fraction of sp³-hybridized carbons (Fsp3) is 0.538. The van der Waals surface area contributed by atoms with Gasteiger partial charge in [-0.3, -0.25) is 0 Å². The Hall–Kier alpha value is -1.07. The van der Waals surface area contributed by atoms with Gasteiger partial charge in [0.2, 0.25) is 10.0 Å². The van der Waals surface area contributed by atoms with Crippen LogP contribution < -0.4 is 5.32 Å². The molecule has 2 aliphatic heterocycles. The average molecular weight is 266 g/mol. The van der Waals surface area contributed by atoms with Gasteiger partial charge in [-0.2, -0.15) is 4.31 Å². The number of anilines is 1. The first-order valence-electron chi connectivity index (χ1n) is 6.47. The van der Waals surface area contributed by atoms with Gasteiger partial charge in [-0.25, -0.2) is 8.42 Å². The number of nitrogens with zero attached hydrogens (tertiary/aromatic N) is 1. The SMILES string of the molecule is CC1Cc2cc(S(=O)(=O)N3CCCC3)ccc2N1. The molecule has 0 spiro atoms. The van der Waals surface area contributed by atoms with Crippen LogP contribution in [0.1, 0.15) is 25.3 Å². The number of rotatable bonds is 2. The molecule has 0 saturated carbocycles. The van der Waals surface area contributed by atoms with Crippen molar-refractivity contribution >= 4 is 15.7 Å². The molecule has 4 nitrogen and oxygen atoms in total. The van der Waals surface area contributed by atoms with Crippen molar-refractivity contribution < 1.29 is 8.42 Å². The minimum Gasteiger partial charge on any atom is -0.382 e. The second-order valence-corrected chi connectivity index (χ2v) is 7.12. The third-order valence-electron chi connectivity index (χ3n) is 3.71. The van der Waals surface area contributed by atoms with Crippen molar-refractivity contribution in [2.45, 2.75) is 37.1 Å². The van der Waals surface area contributed by atoms with Gasteiger partial charge in [0, 0.05) is 24.8 Å². The molecule has 1 aromatic rings. The quantitative estimate of drug-likeness (QED) is 0.888. The van der Waals surface area contributed by atoms with E-state index < -0.39 is 10.0 Å². The summed E-state index contributed by atoms with van der Waals surface area (Å²) in [5.74, 6) is 0. The van der Waals surface area contributed by atoms with Crippen LogP contribution in [0.2, 0.25) is 0 Å². The Morgan fingerprint density at radius 3 is 2.72 bits per heavy atom. The maximum atomic E-state index is 12.4. The van der Waals surface area contributed by atoms with Gasteiger partial charge in [0.1, 0.15) is 0 Å². The van der Waals surface area contributed by atoms with Crippen LogP contribution in [-0.4, -0.2) is 31.9 Å². The Morgan fingerprint density at radius 1 is 1.28 bits per heavy atom. The van der Waals surface area contributed by atoms with Crippen LogP contribution in [0.3, 0.4) is 0 Å². The smallest absolute Gasteiger partial charge is 0.243 e. The van der Waals surface area contributed by atoms with E-state index in [1.54, 1.807) is 10.4 Å². The van der Waals surface area contributed by atoms with Gasteiger partial charge in [0.05, 0.1) is 4.90 Å². The van der Waals surface area contributed by atoms with E-state index in [0.29, 0.717) is 24.0 Å². The number of sulfonamides is 1. The van der Waals surface area contributed by atoms with Crippen molar-refractivity contribution in [1.29, 1.82) is 0 Å². The van der Waals surface area contributed by atoms with Crippen molar-refractivity contribution in [1.82, 2.24) is 4.31 Å². The fourth-order valence-corrected chi connectivity index (χ4v) is 4.33. The van der Waals surface area contributed by atoms with Crippen LogP contribution in [0.25, 0.3) is 0 Å². The van der Waals surface area contributed by atoms with Crippen molar-refractivity contribution in [3.63, 3.8) is 0 Å². The Kier molecular flexibility index (Phi) is 2.83. The molecule has 3 rings (SSSR count). The standard InChI is InChI=1S/C13H18N2O2S/c1-10-8-11-9-12(4-5-13(11)14-10)18(16,17)15-6-2-3-7-15/h4-5,9-10,14H,2-3,6-8H2,1H3. The molecule has 0 bridgehead atoms. The van der Waals surface area contributed by atoms with Gasteiger partial charge in [-0.05, 0) is 49.9 Å². The Morgan fingerprint density at radius 2 is 2.00 bits per heavy atom. The van der Waals surface area contributed by atoms with Crippen LogP contribution in [0.5, 0.6) is 0 Å². The van der Waals surface area contributed by atoms with Crippen LogP contribution in [0.4, 0.5) is 5.69 Å². The van der Waals surface area contributed by atoms with E-state index in [-0.39, 0.29) is 0 Å². The zero-order chi connectivity index (χ0) is 12.8. The second-order valence-electron chi connectivity index (χ2n) is 5.18. The number of hydrogen-bond donors (Lipinski definition) is 1. The highest BCUT2D eigenvalue weighted by atomic mass is 32.2. The van der Waals surface area contributed by atoms with E-state index in [9.17, 15) is 8.42 Å². The largest absolute Gasteiger partial charge is 0.382 e. The number of benzene rings is 1. The van der Waals surface area contributed by atoms with Crippen molar-refractivity contribution in [2.24, 2.45) is 0 Å². The molecule has 5 heteroatoms. The summed E-state index contributed by atoms with van der Waals surface area (Å²) in [6, 6.07) is 5.84. The second kappa shape index (κ2) is 4.24. The molecule has 1 aromatic carbocycles. The van der Waals surface area contributed by atoms with Gasteiger partial charge < -0.3 is 5.32 Å². The Balaban J connectivity index is 1.96. The first kappa shape index (κ1) is 12.0. The molecule has 2 heterocycles. The van der Waals surface area contributed by atoms with E-state index in [2.05, 4.69) is 12.2 Å². The fourth-order valence-electron chi connectivity index (χ4n) is 2.76. The maximum absolute atomic E-state index is 12.4. The lowest BCUT2D eigenvalue weighted by molar-refractivity contribution is 0.477. The molecule has 0 aliphatic carbocycles. The lowest BCUT2D eigenvalue weighted by atomic mass is 10.1. The van der Waals surface area contributed by atoms with Crippen LogP contribution in [0.15, 0.2) is 23.1 Å². The third-order valence-corrected chi connectivity index (χ3v) is 5.60. The number of nitrogens with one attached hydrogen (secondary N) is 1. The Labute approximate surface area is 108 Å². The van der Waals surface area contributed by atoms with E-state index in [1.165, 1.54) is 0 Å². The molecule has 2 aliphatic rings. The van der Waals surface area contributed by atoms with Crippen LogP contribution >= 0.6 is 0 Å². The molecule has 0 radical (unpaired) electrons. The van der Waals surface area contributed by atoms with Gasteiger partial charge in [0.25, 0.3) is 0 Å². The summed E-state index contributed by atoms with van der Waals surface area (Å²) < 4.78 is 26.4. The summed E-state index contributed by atoms with van der Waals surface area (Å²) in [7, 11) is -3.27. The molecule has 1 saturated heterocycles. The van der Waals surface area contributed by atoms with E-state index in [0.717, 1.165) is 30.5 Å². The topological polar surface area (TPSA) is 49.4 Å². The first-order chi connectivity index (χ1) is 8.57. The lowest BCUT2D eigenvalue weighted by Gasteiger charge is -2.16. The molecule has 18 heavy (non-hydrogen) atoms. The minimum absolute atomic E-state index is 0.393. The van der Waals surface area contributed by atoms with Gasteiger partial charge in [-0.1, -0.05) is 0 Å². The molecular weight excluding hydrogens is 248 g/mol. The molecule has 0 amide bonds.